The molecule has 0 aromatic heterocycles. The van der Waals surface area contributed by atoms with E-state index in [0.717, 1.165) is 25.8 Å². The molecule has 134 valence electrons. The number of hydrogen-bond acceptors (Lipinski definition) is 4. The number of carbonyl (C=O) groups excluding carboxylic acids is 1. The Morgan fingerprint density at radius 3 is 2.79 bits per heavy atom. The lowest BCUT2D eigenvalue weighted by Crippen LogP contribution is -2.42. The van der Waals surface area contributed by atoms with E-state index in [-0.39, 0.29) is 16.8 Å². The summed E-state index contributed by atoms with van der Waals surface area (Å²) in [5.74, 6) is -0.253. The van der Waals surface area contributed by atoms with E-state index in [1.165, 1.54) is 6.07 Å². The number of benzene rings is 1. The molecule has 6 nitrogen and oxygen atoms in total. The van der Waals surface area contributed by atoms with Gasteiger partial charge in [-0.1, -0.05) is 19.4 Å². The molecular formula is C17H27N3O3S. The normalized spacial score (nSPS) is 19.2. The predicted molar refractivity (Wildman–Crippen MR) is 94.5 cm³/mol. The second-order valence-electron chi connectivity index (χ2n) is 6.10. The minimum Gasteiger partial charge on any atom is -0.351 e. The molecule has 1 aromatic rings. The highest BCUT2D eigenvalue weighted by Crippen LogP contribution is 2.25. The second kappa shape index (κ2) is 8.60. The predicted octanol–water partition coefficient (Wildman–Crippen LogP) is 1.59. The van der Waals surface area contributed by atoms with Crippen LogP contribution >= 0.6 is 0 Å². The number of rotatable bonds is 7. The number of piperidine rings is 1. The van der Waals surface area contributed by atoms with E-state index in [0.29, 0.717) is 25.2 Å². The van der Waals surface area contributed by atoms with Crippen molar-refractivity contribution in [1.82, 2.24) is 14.9 Å². The molecular weight excluding hydrogens is 326 g/mol. The van der Waals surface area contributed by atoms with Gasteiger partial charge in [0.05, 0.1) is 4.90 Å². The van der Waals surface area contributed by atoms with Crippen molar-refractivity contribution < 1.29 is 13.2 Å². The first-order valence-electron chi connectivity index (χ1n) is 8.57. The van der Waals surface area contributed by atoms with E-state index in [2.05, 4.69) is 10.6 Å². The molecule has 0 saturated carbocycles. The van der Waals surface area contributed by atoms with Gasteiger partial charge in [0.25, 0.3) is 5.91 Å². The summed E-state index contributed by atoms with van der Waals surface area (Å²) < 4.78 is 27.3. The van der Waals surface area contributed by atoms with Gasteiger partial charge in [0.1, 0.15) is 0 Å². The molecule has 1 fully saturated rings. The highest BCUT2D eigenvalue weighted by Gasteiger charge is 2.31. The number of carbonyl (C=O) groups is 1. The Kier molecular flexibility index (Phi) is 6.77. The van der Waals surface area contributed by atoms with Crippen LogP contribution in [0.25, 0.3) is 0 Å². The van der Waals surface area contributed by atoms with Gasteiger partial charge in [-0.25, -0.2) is 8.42 Å². The monoisotopic (exact) mass is 353 g/mol. The van der Waals surface area contributed by atoms with Gasteiger partial charge in [-0.2, -0.15) is 4.31 Å². The highest BCUT2D eigenvalue weighted by molar-refractivity contribution is 7.89. The average molecular weight is 353 g/mol. The van der Waals surface area contributed by atoms with Crippen molar-refractivity contribution in [3.8, 4) is 0 Å². The molecule has 0 radical (unpaired) electrons. The van der Waals surface area contributed by atoms with Gasteiger partial charge < -0.3 is 10.6 Å². The van der Waals surface area contributed by atoms with Crippen LogP contribution in [-0.2, 0) is 10.0 Å². The highest BCUT2D eigenvalue weighted by atomic mass is 32.2. The summed E-state index contributed by atoms with van der Waals surface area (Å²) in [4.78, 5) is 12.4. The molecule has 2 rings (SSSR count). The molecule has 1 aliphatic rings. The SMILES string of the molecule is CCNCCNC(=O)c1cccc(S(=O)(=O)N2CCCCC2C)c1. The van der Waals surface area contributed by atoms with Crippen molar-refractivity contribution in [3.63, 3.8) is 0 Å². The number of hydrogen-bond donors (Lipinski definition) is 2. The van der Waals surface area contributed by atoms with Crippen molar-refractivity contribution >= 4 is 15.9 Å². The van der Waals surface area contributed by atoms with Crippen LogP contribution in [0.1, 0.15) is 43.5 Å². The van der Waals surface area contributed by atoms with E-state index in [1.807, 2.05) is 13.8 Å². The lowest BCUT2D eigenvalue weighted by Gasteiger charge is -2.32. The summed E-state index contributed by atoms with van der Waals surface area (Å²) in [5.41, 5.74) is 0.372. The van der Waals surface area contributed by atoms with E-state index < -0.39 is 10.0 Å². The van der Waals surface area contributed by atoms with Crippen LogP contribution in [0.5, 0.6) is 0 Å². The summed E-state index contributed by atoms with van der Waals surface area (Å²) in [7, 11) is -3.56. The molecule has 2 N–H and O–H groups in total. The molecule has 0 aliphatic carbocycles. The number of amides is 1. The Bertz CT molecular complexity index is 661. The van der Waals surface area contributed by atoms with Crippen molar-refractivity contribution in [2.24, 2.45) is 0 Å². The molecule has 1 saturated heterocycles. The third-order valence-corrected chi connectivity index (χ3v) is 6.29. The summed E-state index contributed by atoms with van der Waals surface area (Å²) in [6.07, 6.45) is 2.82. The van der Waals surface area contributed by atoms with Crippen LogP contribution in [0.15, 0.2) is 29.2 Å². The largest absolute Gasteiger partial charge is 0.351 e. The smallest absolute Gasteiger partial charge is 0.251 e. The topological polar surface area (TPSA) is 78.5 Å². The van der Waals surface area contributed by atoms with Crippen LogP contribution in [0.2, 0.25) is 0 Å². The molecule has 7 heteroatoms. The lowest BCUT2D eigenvalue weighted by atomic mass is 10.1. The Morgan fingerprint density at radius 1 is 1.29 bits per heavy atom. The van der Waals surface area contributed by atoms with Gasteiger partial charge >= 0.3 is 0 Å². The fourth-order valence-electron chi connectivity index (χ4n) is 2.91. The number of nitrogens with one attached hydrogen (secondary N) is 2. The maximum absolute atomic E-state index is 12.9. The standard InChI is InChI=1S/C17H27N3O3S/c1-3-18-10-11-19-17(21)15-8-6-9-16(13-15)24(22,23)20-12-5-4-7-14(20)2/h6,8-9,13-14,18H,3-5,7,10-12H2,1-2H3,(H,19,21). The maximum atomic E-state index is 12.9. The Balaban J connectivity index is 2.12. The molecule has 1 atom stereocenters. The Hall–Kier alpha value is -1.44. The second-order valence-corrected chi connectivity index (χ2v) is 7.99. The molecule has 1 amide bonds. The zero-order chi connectivity index (χ0) is 17.6. The first kappa shape index (κ1) is 18.9. The molecule has 0 spiro atoms. The maximum Gasteiger partial charge on any atom is 0.251 e. The van der Waals surface area contributed by atoms with Crippen LogP contribution in [0.4, 0.5) is 0 Å². The molecule has 1 aliphatic heterocycles. The number of sulfonamides is 1. The fourth-order valence-corrected chi connectivity index (χ4v) is 4.65. The first-order valence-corrected chi connectivity index (χ1v) is 10.0. The Morgan fingerprint density at radius 2 is 2.08 bits per heavy atom. The molecule has 1 heterocycles. The third-order valence-electron chi connectivity index (χ3n) is 4.28. The van der Waals surface area contributed by atoms with E-state index in [9.17, 15) is 13.2 Å². The van der Waals surface area contributed by atoms with Gasteiger partial charge in [0.15, 0.2) is 0 Å². The summed E-state index contributed by atoms with van der Waals surface area (Å²) in [6, 6.07) is 6.30. The van der Waals surface area contributed by atoms with Gasteiger partial charge in [-0.05, 0) is 44.5 Å². The zero-order valence-electron chi connectivity index (χ0n) is 14.4. The van der Waals surface area contributed by atoms with E-state index in [1.54, 1.807) is 22.5 Å². The average Bonchev–Trinajstić information content (AvgIpc) is 2.59. The summed E-state index contributed by atoms with van der Waals surface area (Å²) in [6.45, 7) is 6.52. The third kappa shape index (κ3) is 4.55. The van der Waals surface area contributed by atoms with Gasteiger partial charge in [-0.3, -0.25) is 4.79 Å². The summed E-state index contributed by atoms with van der Waals surface area (Å²) >= 11 is 0. The van der Waals surface area contributed by atoms with Gasteiger partial charge in [0.2, 0.25) is 10.0 Å². The minimum absolute atomic E-state index is 0.00125. The molecule has 0 bridgehead atoms. The number of likely N-dealkylation sites (N-methyl/N-ethyl adjacent to an activating group) is 1. The zero-order valence-corrected chi connectivity index (χ0v) is 15.2. The molecule has 1 aromatic carbocycles. The molecule has 1 unspecified atom stereocenters. The van der Waals surface area contributed by atoms with Crippen molar-refractivity contribution in [1.29, 1.82) is 0 Å². The summed E-state index contributed by atoms with van der Waals surface area (Å²) in [5, 5.41) is 5.91. The van der Waals surface area contributed by atoms with Gasteiger partial charge in [0, 0.05) is 31.2 Å². The van der Waals surface area contributed by atoms with Crippen molar-refractivity contribution in [2.45, 2.75) is 44.0 Å². The minimum atomic E-state index is -3.56. The van der Waals surface area contributed by atoms with Gasteiger partial charge in [-0.15, -0.1) is 0 Å². The van der Waals surface area contributed by atoms with Crippen LogP contribution in [0, 0.1) is 0 Å². The molecule has 24 heavy (non-hydrogen) atoms. The van der Waals surface area contributed by atoms with Crippen molar-refractivity contribution in [2.75, 3.05) is 26.2 Å². The number of nitrogens with zero attached hydrogens (tertiary/aromatic N) is 1. The van der Waals surface area contributed by atoms with Crippen LogP contribution in [0.3, 0.4) is 0 Å². The first-order chi connectivity index (χ1) is 11.5. The fraction of sp³-hybridized carbons (Fsp3) is 0.588. The Labute approximate surface area is 144 Å². The van der Waals surface area contributed by atoms with Crippen LogP contribution < -0.4 is 10.6 Å². The van der Waals surface area contributed by atoms with Crippen LogP contribution in [-0.4, -0.2) is 50.9 Å². The van der Waals surface area contributed by atoms with Crippen molar-refractivity contribution in [3.05, 3.63) is 29.8 Å². The lowest BCUT2D eigenvalue weighted by molar-refractivity contribution is 0.0953. The quantitative estimate of drug-likeness (QED) is 0.730. The van der Waals surface area contributed by atoms with E-state index in [4.69, 9.17) is 0 Å². The van der Waals surface area contributed by atoms with E-state index >= 15 is 0 Å².